The maximum atomic E-state index is 13.3. The van der Waals surface area contributed by atoms with Gasteiger partial charge in [-0.3, -0.25) is 0 Å². The van der Waals surface area contributed by atoms with Crippen LogP contribution >= 0.6 is 0 Å². The molecule has 0 radical (unpaired) electrons. The fourth-order valence-electron chi connectivity index (χ4n) is 2.61. The van der Waals surface area contributed by atoms with Crippen molar-refractivity contribution in [3.8, 4) is 11.4 Å². The highest BCUT2D eigenvalue weighted by Gasteiger charge is 2.34. The van der Waals surface area contributed by atoms with Gasteiger partial charge in [0.25, 0.3) is 0 Å². The molecule has 1 saturated heterocycles. The Bertz CT molecular complexity index is 617. The quantitative estimate of drug-likeness (QED) is 0.915. The van der Waals surface area contributed by atoms with Gasteiger partial charge in [-0.2, -0.15) is 4.98 Å². The van der Waals surface area contributed by atoms with E-state index in [0.29, 0.717) is 17.3 Å². The van der Waals surface area contributed by atoms with Crippen LogP contribution in [0.2, 0.25) is 0 Å². The summed E-state index contributed by atoms with van der Waals surface area (Å²) in [5.74, 6) is 0.956. The van der Waals surface area contributed by atoms with Gasteiger partial charge in [-0.25, -0.2) is 4.39 Å². The van der Waals surface area contributed by atoms with E-state index < -0.39 is 0 Å². The van der Waals surface area contributed by atoms with Crippen molar-refractivity contribution in [3.63, 3.8) is 0 Å². The van der Waals surface area contributed by atoms with Crippen molar-refractivity contribution >= 4 is 0 Å². The summed E-state index contributed by atoms with van der Waals surface area (Å²) in [7, 11) is 0. The van der Waals surface area contributed by atoms with Crippen LogP contribution in [0.1, 0.15) is 31.2 Å². The Labute approximate surface area is 117 Å². The van der Waals surface area contributed by atoms with Gasteiger partial charge in [0.05, 0.1) is 5.41 Å². The fourth-order valence-corrected chi connectivity index (χ4v) is 2.61. The number of rotatable bonds is 2. The van der Waals surface area contributed by atoms with E-state index in [1.54, 1.807) is 19.1 Å². The molecule has 1 unspecified atom stereocenters. The maximum absolute atomic E-state index is 13.3. The summed E-state index contributed by atoms with van der Waals surface area (Å²) in [4.78, 5) is 4.51. The minimum Gasteiger partial charge on any atom is -0.338 e. The summed E-state index contributed by atoms with van der Waals surface area (Å²) < 4.78 is 18.7. The van der Waals surface area contributed by atoms with Crippen LogP contribution < -0.4 is 5.32 Å². The van der Waals surface area contributed by atoms with E-state index in [9.17, 15) is 4.39 Å². The summed E-state index contributed by atoms with van der Waals surface area (Å²) in [5, 5.41) is 7.40. The van der Waals surface area contributed by atoms with Crippen molar-refractivity contribution in [3.05, 3.63) is 35.5 Å². The molecule has 0 bridgehead atoms. The lowest BCUT2D eigenvalue weighted by Crippen LogP contribution is -2.41. The monoisotopic (exact) mass is 275 g/mol. The van der Waals surface area contributed by atoms with E-state index in [4.69, 9.17) is 4.52 Å². The Hall–Kier alpha value is -1.75. The van der Waals surface area contributed by atoms with Crippen molar-refractivity contribution in [2.75, 3.05) is 13.1 Å². The Kier molecular flexibility index (Phi) is 3.30. The summed E-state index contributed by atoms with van der Waals surface area (Å²) in [6.07, 6.45) is 2.13. The predicted molar refractivity (Wildman–Crippen MR) is 73.9 cm³/mol. The minimum absolute atomic E-state index is 0.113. The van der Waals surface area contributed by atoms with Crippen LogP contribution in [0.25, 0.3) is 11.4 Å². The van der Waals surface area contributed by atoms with Gasteiger partial charge in [0, 0.05) is 12.1 Å². The molecule has 0 amide bonds. The molecule has 1 aliphatic rings. The van der Waals surface area contributed by atoms with Crippen molar-refractivity contribution in [2.45, 2.75) is 32.1 Å². The van der Waals surface area contributed by atoms with Crippen LogP contribution in [-0.2, 0) is 5.41 Å². The molecule has 20 heavy (non-hydrogen) atoms. The van der Waals surface area contributed by atoms with Gasteiger partial charge in [-0.1, -0.05) is 5.16 Å². The van der Waals surface area contributed by atoms with Gasteiger partial charge in [-0.05, 0) is 57.0 Å². The Morgan fingerprint density at radius 2 is 2.25 bits per heavy atom. The minimum atomic E-state index is -0.221. The highest BCUT2D eigenvalue weighted by molar-refractivity contribution is 5.55. The van der Waals surface area contributed by atoms with Gasteiger partial charge in [-0.15, -0.1) is 0 Å². The van der Waals surface area contributed by atoms with Gasteiger partial charge in [0.1, 0.15) is 5.82 Å². The maximum Gasteiger partial charge on any atom is 0.234 e. The van der Waals surface area contributed by atoms with E-state index in [1.165, 1.54) is 6.07 Å². The van der Waals surface area contributed by atoms with Crippen LogP contribution in [0.5, 0.6) is 0 Å². The van der Waals surface area contributed by atoms with Gasteiger partial charge in [0.2, 0.25) is 11.7 Å². The number of aryl methyl sites for hydroxylation is 1. The van der Waals surface area contributed by atoms with Crippen LogP contribution in [0, 0.1) is 12.7 Å². The molecule has 1 aromatic heterocycles. The van der Waals surface area contributed by atoms with Crippen LogP contribution in [0.3, 0.4) is 0 Å². The molecule has 3 rings (SSSR count). The molecule has 2 aromatic rings. The van der Waals surface area contributed by atoms with Crippen LogP contribution in [-0.4, -0.2) is 23.2 Å². The standard InChI is InChI=1S/C15H18FN3O/c1-10-8-11(4-5-12(10)16)13-18-14(20-19-13)15(2)6-3-7-17-9-15/h4-5,8,17H,3,6-7,9H2,1-2H3. The van der Waals surface area contributed by atoms with Gasteiger partial charge < -0.3 is 9.84 Å². The number of nitrogens with one attached hydrogen (secondary N) is 1. The Morgan fingerprint density at radius 1 is 1.40 bits per heavy atom. The fraction of sp³-hybridized carbons (Fsp3) is 0.467. The molecule has 1 aliphatic heterocycles. The zero-order chi connectivity index (χ0) is 14.2. The summed E-state index contributed by atoms with van der Waals surface area (Å²) in [6.45, 7) is 5.74. The molecular formula is C15H18FN3O. The Morgan fingerprint density at radius 3 is 2.95 bits per heavy atom. The zero-order valence-corrected chi connectivity index (χ0v) is 11.7. The summed E-state index contributed by atoms with van der Waals surface area (Å²) >= 11 is 0. The molecule has 0 saturated carbocycles. The number of hydrogen-bond donors (Lipinski definition) is 1. The SMILES string of the molecule is Cc1cc(-c2noc(C3(C)CCCNC3)n2)ccc1F. The number of piperidine rings is 1. The van der Waals surface area contributed by atoms with Crippen molar-refractivity contribution < 1.29 is 8.91 Å². The molecule has 1 fully saturated rings. The molecule has 0 spiro atoms. The average Bonchev–Trinajstić information content (AvgIpc) is 2.93. The smallest absolute Gasteiger partial charge is 0.234 e. The first kappa shape index (κ1) is 13.2. The molecule has 2 heterocycles. The largest absolute Gasteiger partial charge is 0.338 e. The number of benzene rings is 1. The van der Waals surface area contributed by atoms with E-state index in [0.717, 1.165) is 31.5 Å². The Balaban J connectivity index is 1.91. The topological polar surface area (TPSA) is 51.0 Å². The van der Waals surface area contributed by atoms with Gasteiger partial charge in [0.15, 0.2) is 0 Å². The van der Waals surface area contributed by atoms with Crippen LogP contribution in [0.4, 0.5) is 4.39 Å². The lowest BCUT2D eigenvalue weighted by molar-refractivity contribution is 0.245. The molecule has 1 N–H and O–H groups in total. The van der Waals surface area contributed by atoms with Crippen molar-refractivity contribution in [1.82, 2.24) is 15.5 Å². The number of aromatic nitrogens is 2. The van der Waals surface area contributed by atoms with Crippen molar-refractivity contribution in [1.29, 1.82) is 0 Å². The number of nitrogens with zero attached hydrogens (tertiary/aromatic N) is 2. The third-order valence-corrected chi connectivity index (χ3v) is 3.96. The highest BCUT2D eigenvalue weighted by atomic mass is 19.1. The molecule has 0 aliphatic carbocycles. The zero-order valence-electron chi connectivity index (χ0n) is 11.7. The van der Waals surface area contributed by atoms with Crippen LogP contribution in [0.15, 0.2) is 22.7 Å². The molecule has 4 nitrogen and oxygen atoms in total. The van der Waals surface area contributed by atoms with E-state index >= 15 is 0 Å². The first-order chi connectivity index (χ1) is 9.58. The number of halogens is 1. The molecular weight excluding hydrogens is 257 g/mol. The summed E-state index contributed by atoms with van der Waals surface area (Å²) in [5.41, 5.74) is 1.25. The van der Waals surface area contributed by atoms with E-state index in [-0.39, 0.29) is 11.2 Å². The third-order valence-electron chi connectivity index (χ3n) is 3.96. The second-order valence-electron chi connectivity index (χ2n) is 5.73. The molecule has 1 atom stereocenters. The lowest BCUT2D eigenvalue weighted by atomic mass is 9.83. The summed E-state index contributed by atoms with van der Waals surface area (Å²) in [6, 6.07) is 4.86. The first-order valence-corrected chi connectivity index (χ1v) is 6.90. The molecule has 106 valence electrons. The first-order valence-electron chi connectivity index (χ1n) is 6.90. The second kappa shape index (κ2) is 4.98. The number of hydrogen-bond acceptors (Lipinski definition) is 4. The second-order valence-corrected chi connectivity index (χ2v) is 5.73. The van der Waals surface area contributed by atoms with E-state index in [2.05, 4.69) is 22.4 Å². The van der Waals surface area contributed by atoms with E-state index in [1.807, 2.05) is 0 Å². The highest BCUT2D eigenvalue weighted by Crippen LogP contribution is 2.31. The van der Waals surface area contributed by atoms with Crippen molar-refractivity contribution in [2.24, 2.45) is 0 Å². The molecule has 5 heteroatoms. The normalized spacial score (nSPS) is 22.9. The third kappa shape index (κ3) is 2.33. The molecule has 1 aromatic carbocycles. The predicted octanol–water partition coefficient (Wildman–Crippen LogP) is 2.83. The lowest BCUT2D eigenvalue weighted by Gasteiger charge is -2.30. The van der Waals surface area contributed by atoms with Gasteiger partial charge >= 0.3 is 0 Å². The average molecular weight is 275 g/mol.